The van der Waals surface area contributed by atoms with Gasteiger partial charge in [-0.3, -0.25) is 4.79 Å². The van der Waals surface area contributed by atoms with E-state index in [-0.39, 0.29) is 5.91 Å². The molecule has 2 rings (SSSR count). The minimum Gasteiger partial charge on any atom is -0.398 e. The summed E-state index contributed by atoms with van der Waals surface area (Å²) in [6.45, 7) is 6.23. The molecule has 0 aliphatic carbocycles. The zero-order chi connectivity index (χ0) is 13.0. The molecule has 18 heavy (non-hydrogen) atoms. The van der Waals surface area contributed by atoms with Gasteiger partial charge in [0.15, 0.2) is 0 Å². The normalized spacial score (nSPS) is 19.9. The summed E-state index contributed by atoms with van der Waals surface area (Å²) in [6.07, 6.45) is 1.17. The molecule has 1 saturated heterocycles. The standard InChI is InChI=1S/C14H21N3O/c1-2-17-8-7-11(10-17)9-16-14(18)12-5-3-4-6-13(12)15/h3-6,11H,2,7-10,15H2,1H3,(H,16,18). The molecule has 1 amide bonds. The van der Waals surface area contributed by atoms with E-state index >= 15 is 0 Å². The monoisotopic (exact) mass is 247 g/mol. The Morgan fingerprint density at radius 1 is 1.50 bits per heavy atom. The van der Waals surface area contributed by atoms with Crippen LogP contribution in [0, 0.1) is 5.92 Å². The number of rotatable bonds is 4. The number of likely N-dealkylation sites (tertiary alicyclic amines) is 1. The predicted molar refractivity (Wildman–Crippen MR) is 73.4 cm³/mol. The smallest absolute Gasteiger partial charge is 0.253 e. The van der Waals surface area contributed by atoms with Crippen molar-refractivity contribution in [2.75, 3.05) is 31.9 Å². The van der Waals surface area contributed by atoms with Crippen LogP contribution in [0.2, 0.25) is 0 Å². The third-order valence-electron chi connectivity index (χ3n) is 3.57. The third-order valence-corrected chi connectivity index (χ3v) is 3.57. The molecule has 0 aromatic heterocycles. The van der Waals surface area contributed by atoms with Gasteiger partial charge < -0.3 is 16.0 Å². The van der Waals surface area contributed by atoms with Crippen LogP contribution in [-0.2, 0) is 0 Å². The Labute approximate surface area is 108 Å². The van der Waals surface area contributed by atoms with Crippen molar-refractivity contribution in [2.45, 2.75) is 13.3 Å². The summed E-state index contributed by atoms with van der Waals surface area (Å²) in [4.78, 5) is 14.4. The lowest BCUT2D eigenvalue weighted by Gasteiger charge is -2.14. The van der Waals surface area contributed by atoms with Gasteiger partial charge >= 0.3 is 0 Å². The summed E-state index contributed by atoms with van der Waals surface area (Å²) in [6, 6.07) is 7.18. The average Bonchev–Trinajstić information content (AvgIpc) is 2.84. The molecule has 1 aliphatic rings. The van der Waals surface area contributed by atoms with E-state index in [1.165, 1.54) is 6.42 Å². The number of nitrogen functional groups attached to an aromatic ring is 1. The van der Waals surface area contributed by atoms with Crippen molar-refractivity contribution in [3.8, 4) is 0 Å². The zero-order valence-corrected chi connectivity index (χ0v) is 10.9. The lowest BCUT2D eigenvalue weighted by atomic mass is 10.1. The van der Waals surface area contributed by atoms with Gasteiger partial charge in [-0.15, -0.1) is 0 Å². The molecule has 1 aromatic rings. The number of nitrogens with two attached hydrogens (primary N) is 1. The maximum atomic E-state index is 12.0. The molecular weight excluding hydrogens is 226 g/mol. The van der Waals surface area contributed by atoms with Gasteiger partial charge in [0, 0.05) is 18.8 Å². The number of hydrogen-bond donors (Lipinski definition) is 2. The Morgan fingerprint density at radius 2 is 2.28 bits per heavy atom. The number of carbonyl (C=O) groups is 1. The lowest BCUT2D eigenvalue weighted by molar-refractivity contribution is 0.0948. The summed E-state index contributed by atoms with van der Waals surface area (Å²) >= 11 is 0. The molecule has 0 spiro atoms. The van der Waals surface area contributed by atoms with Crippen LogP contribution in [0.3, 0.4) is 0 Å². The van der Waals surface area contributed by atoms with Crippen LogP contribution in [0.15, 0.2) is 24.3 Å². The maximum Gasteiger partial charge on any atom is 0.253 e. The first kappa shape index (κ1) is 12.9. The van der Waals surface area contributed by atoms with E-state index in [9.17, 15) is 4.79 Å². The van der Waals surface area contributed by atoms with Gasteiger partial charge in [-0.05, 0) is 37.6 Å². The second-order valence-corrected chi connectivity index (χ2v) is 4.85. The quantitative estimate of drug-likeness (QED) is 0.789. The molecule has 4 heteroatoms. The number of anilines is 1. The van der Waals surface area contributed by atoms with E-state index in [4.69, 9.17) is 5.73 Å². The highest BCUT2D eigenvalue weighted by molar-refractivity contribution is 5.99. The van der Waals surface area contributed by atoms with Crippen molar-refractivity contribution in [3.63, 3.8) is 0 Å². The number of para-hydroxylation sites is 1. The summed E-state index contributed by atoms with van der Waals surface area (Å²) < 4.78 is 0. The highest BCUT2D eigenvalue weighted by Gasteiger charge is 2.21. The molecule has 0 radical (unpaired) electrons. The summed E-state index contributed by atoms with van der Waals surface area (Å²) in [7, 11) is 0. The fourth-order valence-electron chi connectivity index (χ4n) is 2.40. The van der Waals surface area contributed by atoms with Crippen LogP contribution in [0.1, 0.15) is 23.7 Å². The van der Waals surface area contributed by atoms with Crippen molar-refractivity contribution < 1.29 is 4.79 Å². The molecule has 1 atom stereocenters. The van der Waals surface area contributed by atoms with E-state index in [2.05, 4.69) is 17.1 Å². The lowest BCUT2D eigenvalue weighted by Crippen LogP contribution is -2.31. The van der Waals surface area contributed by atoms with E-state index in [1.54, 1.807) is 12.1 Å². The number of amides is 1. The first-order valence-electron chi connectivity index (χ1n) is 6.55. The maximum absolute atomic E-state index is 12.0. The van der Waals surface area contributed by atoms with Crippen LogP contribution in [0.25, 0.3) is 0 Å². The van der Waals surface area contributed by atoms with E-state index in [0.29, 0.717) is 17.2 Å². The zero-order valence-electron chi connectivity index (χ0n) is 10.9. The van der Waals surface area contributed by atoms with Gasteiger partial charge in [0.2, 0.25) is 0 Å². The molecule has 1 fully saturated rings. The average molecular weight is 247 g/mol. The number of benzene rings is 1. The summed E-state index contributed by atoms with van der Waals surface area (Å²) in [5, 5.41) is 2.98. The molecule has 3 N–H and O–H groups in total. The minimum atomic E-state index is -0.0666. The van der Waals surface area contributed by atoms with Crippen molar-refractivity contribution in [2.24, 2.45) is 5.92 Å². The van der Waals surface area contributed by atoms with E-state index < -0.39 is 0 Å². The molecular formula is C14H21N3O. The molecule has 1 aromatic carbocycles. The van der Waals surface area contributed by atoms with Gasteiger partial charge in [-0.25, -0.2) is 0 Å². The number of carbonyl (C=O) groups excluding carboxylic acids is 1. The van der Waals surface area contributed by atoms with Crippen molar-refractivity contribution in [3.05, 3.63) is 29.8 Å². The van der Waals surface area contributed by atoms with Crippen molar-refractivity contribution in [1.82, 2.24) is 10.2 Å². The molecule has 0 saturated carbocycles. The molecule has 1 heterocycles. The van der Waals surface area contributed by atoms with Gasteiger partial charge in [-0.2, -0.15) is 0 Å². The van der Waals surface area contributed by atoms with Crippen LogP contribution >= 0.6 is 0 Å². The molecule has 4 nitrogen and oxygen atoms in total. The Balaban J connectivity index is 1.84. The second-order valence-electron chi connectivity index (χ2n) is 4.85. The first-order valence-corrected chi connectivity index (χ1v) is 6.55. The number of nitrogens with zero attached hydrogens (tertiary/aromatic N) is 1. The predicted octanol–water partition coefficient (Wildman–Crippen LogP) is 1.34. The van der Waals surface area contributed by atoms with Gasteiger partial charge in [0.05, 0.1) is 5.56 Å². The minimum absolute atomic E-state index is 0.0666. The SMILES string of the molecule is CCN1CCC(CNC(=O)c2ccccc2N)C1. The van der Waals surface area contributed by atoms with Crippen molar-refractivity contribution >= 4 is 11.6 Å². The van der Waals surface area contributed by atoms with E-state index in [1.807, 2.05) is 12.1 Å². The van der Waals surface area contributed by atoms with E-state index in [0.717, 1.165) is 26.2 Å². The Hall–Kier alpha value is -1.55. The van der Waals surface area contributed by atoms with Gasteiger partial charge in [-0.1, -0.05) is 19.1 Å². The molecule has 1 aliphatic heterocycles. The largest absolute Gasteiger partial charge is 0.398 e. The molecule has 98 valence electrons. The fraction of sp³-hybridized carbons (Fsp3) is 0.500. The first-order chi connectivity index (χ1) is 8.70. The Bertz CT molecular complexity index is 419. The van der Waals surface area contributed by atoms with Crippen LogP contribution in [0.5, 0.6) is 0 Å². The summed E-state index contributed by atoms with van der Waals surface area (Å²) in [5.41, 5.74) is 6.89. The number of nitrogens with one attached hydrogen (secondary N) is 1. The summed E-state index contributed by atoms with van der Waals surface area (Å²) in [5.74, 6) is 0.502. The highest BCUT2D eigenvalue weighted by Crippen LogP contribution is 2.15. The number of hydrogen-bond acceptors (Lipinski definition) is 3. The highest BCUT2D eigenvalue weighted by atomic mass is 16.1. The fourth-order valence-corrected chi connectivity index (χ4v) is 2.40. The van der Waals surface area contributed by atoms with Gasteiger partial charge in [0.25, 0.3) is 5.91 Å². The van der Waals surface area contributed by atoms with Crippen molar-refractivity contribution in [1.29, 1.82) is 0 Å². The van der Waals surface area contributed by atoms with Crippen LogP contribution in [0.4, 0.5) is 5.69 Å². The van der Waals surface area contributed by atoms with Gasteiger partial charge in [0.1, 0.15) is 0 Å². The van der Waals surface area contributed by atoms with Crippen LogP contribution < -0.4 is 11.1 Å². The topological polar surface area (TPSA) is 58.4 Å². The Kier molecular flexibility index (Phi) is 4.20. The Morgan fingerprint density at radius 3 is 2.94 bits per heavy atom. The third kappa shape index (κ3) is 3.01. The molecule has 1 unspecified atom stereocenters. The second kappa shape index (κ2) is 5.87. The van der Waals surface area contributed by atoms with Crippen LogP contribution in [-0.4, -0.2) is 37.0 Å². The molecule has 0 bridgehead atoms.